The van der Waals surface area contributed by atoms with Gasteiger partial charge in [0.1, 0.15) is 0 Å². The zero-order valence-corrected chi connectivity index (χ0v) is 14.3. The Morgan fingerprint density at radius 3 is 2.86 bits per heavy atom. The predicted molar refractivity (Wildman–Crippen MR) is 88.8 cm³/mol. The van der Waals surface area contributed by atoms with Crippen LogP contribution in [0.2, 0.25) is 0 Å². The Hall–Kier alpha value is -0.820. The second-order valence-corrected chi connectivity index (χ2v) is 7.75. The summed E-state index contributed by atoms with van der Waals surface area (Å²) in [6, 6.07) is 0. The molecule has 0 saturated carbocycles. The van der Waals surface area contributed by atoms with Crippen LogP contribution in [0.3, 0.4) is 0 Å². The summed E-state index contributed by atoms with van der Waals surface area (Å²) in [6.07, 6.45) is 1.29. The van der Waals surface area contributed by atoms with Gasteiger partial charge in [-0.2, -0.15) is 0 Å². The molecule has 114 valence electrons. The molecule has 1 N–H and O–H groups in total. The predicted octanol–water partition coefficient (Wildman–Crippen LogP) is 2.83. The molecular formula is C15H22N4S2. The standard InChI is InChI=1S/C15H22N4S2/c1-11-15(21-10-17-11)8-19(6-13-3-4-16-5-13)7-14-9-20-12(2)18-14/h9-10,13,16H,3-8H2,1-2H3/t13-/m0/s1. The number of thiazole rings is 2. The first-order valence-corrected chi connectivity index (χ1v) is 9.19. The van der Waals surface area contributed by atoms with Crippen molar-refractivity contribution < 1.29 is 0 Å². The number of aryl methyl sites for hydroxylation is 2. The highest BCUT2D eigenvalue weighted by Gasteiger charge is 2.20. The van der Waals surface area contributed by atoms with E-state index >= 15 is 0 Å². The van der Waals surface area contributed by atoms with E-state index in [1.54, 1.807) is 22.7 Å². The Balaban J connectivity index is 1.68. The summed E-state index contributed by atoms with van der Waals surface area (Å²) in [5.74, 6) is 0.762. The van der Waals surface area contributed by atoms with Gasteiger partial charge in [-0.3, -0.25) is 4.90 Å². The molecule has 2 aromatic heterocycles. The van der Waals surface area contributed by atoms with E-state index in [-0.39, 0.29) is 0 Å². The average Bonchev–Trinajstić information content (AvgIpc) is 3.16. The van der Waals surface area contributed by atoms with Crippen LogP contribution in [0.15, 0.2) is 10.9 Å². The zero-order valence-electron chi connectivity index (χ0n) is 12.6. The highest BCUT2D eigenvalue weighted by molar-refractivity contribution is 7.09. The Morgan fingerprint density at radius 1 is 1.33 bits per heavy atom. The molecule has 1 atom stereocenters. The van der Waals surface area contributed by atoms with Crippen molar-refractivity contribution in [3.05, 3.63) is 32.2 Å². The Labute approximate surface area is 134 Å². The lowest BCUT2D eigenvalue weighted by Gasteiger charge is -2.24. The van der Waals surface area contributed by atoms with Gasteiger partial charge in [-0.15, -0.1) is 22.7 Å². The van der Waals surface area contributed by atoms with Crippen LogP contribution in [0.4, 0.5) is 0 Å². The minimum atomic E-state index is 0.762. The summed E-state index contributed by atoms with van der Waals surface area (Å²) in [4.78, 5) is 12.9. The summed E-state index contributed by atoms with van der Waals surface area (Å²) < 4.78 is 0. The highest BCUT2D eigenvalue weighted by atomic mass is 32.1. The van der Waals surface area contributed by atoms with E-state index in [2.05, 4.69) is 39.4 Å². The van der Waals surface area contributed by atoms with Crippen molar-refractivity contribution >= 4 is 22.7 Å². The monoisotopic (exact) mass is 322 g/mol. The van der Waals surface area contributed by atoms with Crippen molar-refractivity contribution in [1.29, 1.82) is 0 Å². The molecule has 0 spiro atoms. The third-order valence-electron chi connectivity index (χ3n) is 3.94. The molecule has 3 rings (SSSR count). The molecule has 4 nitrogen and oxygen atoms in total. The van der Waals surface area contributed by atoms with Crippen LogP contribution in [-0.4, -0.2) is 34.5 Å². The summed E-state index contributed by atoms with van der Waals surface area (Å²) in [5.41, 5.74) is 4.32. The molecule has 0 amide bonds. The second kappa shape index (κ2) is 6.96. The normalized spacial score (nSPS) is 18.7. The van der Waals surface area contributed by atoms with Crippen LogP contribution < -0.4 is 5.32 Å². The largest absolute Gasteiger partial charge is 0.316 e. The van der Waals surface area contributed by atoms with Gasteiger partial charge in [-0.1, -0.05) is 0 Å². The Morgan fingerprint density at radius 2 is 2.24 bits per heavy atom. The molecule has 0 unspecified atom stereocenters. The fourth-order valence-corrected chi connectivity index (χ4v) is 4.23. The molecule has 3 heterocycles. The Bertz CT molecular complexity index is 572. The number of nitrogens with one attached hydrogen (secondary N) is 1. The van der Waals surface area contributed by atoms with Crippen LogP contribution in [0, 0.1) is 19.8 Å². The lowest BCUT2D eigenvalue weighted by atomic mass is 10.1. The zero-order chi connectivity index (χ0) is 14.7. The maximum atomic E-state index is 4.63. The molecule has 0 radical (unpaired) electrons. The van der Waals surface area contributed by atoms with Crippen molar-refractivity contribution in [3.8, 4) is 0 Å². The van der Waals surface area contributed by atoms with Gasteiger partial charge in [-0.05, 0) is 39.3 Å². The molecule has 6 heteroatoms. The summed E-state index contributed by atoms with van der Waals surface area (Å²) in [7, 11) is 0. The van der Waals surface area contributed by atoms with E-state index in [1.807, 2.05) is 5.51 Å². The molecule has 0 bridgehead atoms. The fourth-order valence-electron chi connectivity index (χ4n) is 2.81. The van der Waals surface area contributed by atoms with E-state index in [0.29, 0.717) is 0 Å². The molecule has 1 saturated heterocycles. The third-order valence-corrected chi connectivity index (χ3v) is 5.69. The van der Waals surface area contributed by atoms with E-state index in [9.17, 15) is 0 Å². The van der Waals surface area contributed by atoms with Gasteiger partial charge in [0.2, 0.25) is 0 Å². The fraction of sp³-hybridized carbons (Fsp3) is 0.600. The van der Waals surface area contributed by atoms with Crippen LogP contribution in [-0.2, 0) is 13.1 Å². The first kappa shape index (κ1) is 15.1. The summed E-state index contributed by atoms with van der Waals surface area (Å²) in [5, 5.41) is 6.81. The maximum absolute atomic E-state index is 4.63. The summed E-state index contributed by atoms with van der Waals surface area (Å²) >= 11 is 3.51. The minimum Gasteiger partial charge on any atom is -0.316 e. The molecule has 0 aliphatic carbocycles. The molecule has 2 aromatic rings. The van der Waals surface area contributed by atoms with Gasteiger partial charge < -0.3 is 5.32 Å². The first-order valence-electron chi connectivity index (χ1n) is 7.43. The van der Waals surface area contributed by atoms with E-state index in [0.717, 1.165) is 43.6 Å². The van der Waals surface area contributed by atoms with E-state index in [4.69, 9.17) is 0 Å². The highest BCUT2D eigenvalue weighted by Crippen LogP contribution is 2.20. The molecule has 1 aliphatic heterocycles. The topological polar surface area (TPSA) is 41.1 Å². The van der Waals surface area contributed by atoms with Gasteiger partial charge in [0.15, 0.2) is 0 Å². The first-order chi connectivity index (χ1) is 10.2. The smallest absolute Gasteiger partial charge is 0.0897 e. The van der Waals surface area contributed by atoms with Crippen LogP contribution in [0.25, 0.3) is 0 Å². The van der Waals surface area contributed by atoms with Gasteiger partial charge in [0, 0.05) is 29.9 Å². The lowest BCUT2D eigenvalue weighted by molar-refractivity contribution is 0.220. The maximum Gasteiger partial charge on any atom is 0.0897 e. The van der Waals surface area contributed by atoms with Crippen molar-refractivity contribution in [2.24, 2.45) is 5.92 Å². The number of aromatic nitrogens is 2. The Kier molecular flexibility index (Phi) is 5.00. The second-order valence-electron chi connectivity index (χ2n) is 5.75. The molecule has 1 fully saturated rings. The van der Waals surface area contributed by atoms with Gasteiger partial charge in [0.25, 0.3) is 0 Å². The number of nitrogens with zero attached hydrogens (tertiary/aromatic N) is 3. The van der Waals surface area contributed by atoms with E-state index in [1.165, 1.54) is 22.7 Å². The molecule has 21 heavy (non-hydrogen) atoms. The van der Waals surface area contributed by atoms with Crippen LogP contribution >= 0.6 is 22.7 Å². The van der Waals surface area contributed by atoms with Gasteiger partial charge in [-0.25, -0.2) is 9.97 Å². The van der Waals surface area contributed by atoms with Gasteiger partial charge in [0.05, 0.1) is 21.9 Å². The number of rotatable bonds is 6. The van der Waals surface area contributed by atoms with Crippen molar-refractivity contribution in [2.45, 2.75) is 33.4 Å². The molecule has 1 aliphatic rings. The van der Waals surface area contributed by atoms with E-state index < -0.39 is 0 Å². The van der Waals surface area contributed by atoms with Gasteiger partial charge >= 0.3 is 0 Å². The average molecular weight is 323 g/mol. The molecule has 0 aromatic carbocycles. The molecular weight excluding hydrogens is 300 g/mol. The van der Waals surface area contributed by atoms with Crippen LogP contribution in [0.1, 0.15) is 27.7 Å². The lowest BCUT2D eigenvalue weighted by Crippen LogP contribution is -2.30. The third kappa shape index (κ3) is 4.10. The summed E-state index contributed by atoms with van der Waals surface area (Å²) in [6.45, 7) is 9.56. The number of hydrogen-bond donors (Lipinski definition) is 1. The number of hydrogen-bond acceptors (Lipinski definition) is 6. The minimum absolute atomic E-state index is 0.762. The quantitative estimate of drug-likeness (QED) is 0.888. The van der Waals surface area contributed by atoms with Crippen LogP contribution in [0.5, 0.6) is 0 Å². The van der Waals surface area contributed by atoms with Crippen molar-refractivity contribution in [1.82, 2.24) is 20.2 Å². The van der Waals surface area contributed by atoms with Crippen molar-refractivity contribution in [2.75, 3.05) is 19.6 Å². The van der Waals surface area contributed by atoms with Crippen molar-refractivity contribution in [3.63, 3.8) is 0 Å². The SMILES string of the molecule is Cc1nc(CN(Cc2scnc2C)C[C@H]2CCNC2)cs1.